The van der Waals surface area contributed by atoms with Crippen LogP contribution in [-0.4, -0.2) is 42.8 Å². The summed E-state index contributed by atoms with van der Waals surface area (Å²) in [4.78, 5) is 2.59. The summed E-state index contributed by atoms with van der Waals surface area (Å²) in [6.45, 7) is 10.3. The van der Waals surface area contributed by atoms with Crippen LogP contribution in [0.4, 0.5) is 0 Å². The van der Waals surface area contributed by atoms with Crippen molar-refractivity contribution in [1.29, 1.82) is 0 Å². The molecule has 1 aliphatic rings. The Kier molecular flexibility index (Phi) is 5.73. The van der Waals surface area contributed by atoms with Crippen LogP contribution in [0.15, 0.2) is 0 Å². The van der Waals surface area contributed by atoms with Gasteiger partial charge in [0.2, 0.25) is 0 Å². The molecule has 1 heterocycles. The van der Waals surface area contributed by atoms with Crippen molar-refractivity contribution in [1.82, 2.24) is 4.90 Å². The molecule has 0 aliphatic carbocycles. The van der Waals surface area contributed by atoms with Crippen molar-refractivity contribution >= 4 is 0 Å². The van der Waals surface area contributed by atoms with Crippen molar-refractivity contribution in [2.75, 3.05) is 26.3 Å². The zero-order chi connectivity index (χ0) is 12.0. The fraction of sp³-hybridized carbons (Fsp3) is 1.00. The van der Waals surface area contributed by atoms with Crippen molar-refractivity contribution in [3.05, 3.63) is 0 Å². The summed E-state index contributed by atoms with van der Waals surface area (Å²) in [5.74, 6) is 0. The van der Waals surface area contributed by atoms with Crippen LogP contribution in [-0.2, 0) is 4.74 Å². The van der Waals surface area contributed by atoms with Gasteiger partial charge in [0, 0.05) is 24.7 Å². The number of unbranched alkanes of at least 4 members (excludes halogenated alkanes) is 1. The molecule has 1 saturated heterocycles. The molecule has 0 aromatic heterocycles. The molecule has 3 nitrogen and oxygen atoms in total. The maximum absolute atomic E-state index is 6.07. The van der Waals surface area contributed by atoms with Gasteiger partial charge in [-0.2, -0.15) is 0 Å². The highest BCUT2D eigenvalue weighted by molar-refractivity contribution is 4.94. The molecule has 16 heavy (non-hydrogen) atoms. The smallest absolute Gasteiger partial charge is 0.0620 e. The van der Waals surface area contributed by atoms with Crippen LogP contribution in [0.5, 0.6) is 0 Å². The molecule has 0 bridgehead atoms. The summed E-state index contributed by atoms with van der Waals surface area (Å²) >= 11 is 0. The lowest BCUT2D eigenvalue weighted by atomic mass is 9.86. The van der Waals surface area contributed by atoms with Crippen LogP contribution >= 0.6 is 0 Å². The van der Waals surface area contributed by atoms with Crippen molar-refractivity contribution in [3.8, 4) is 0 Å². The Morgan fingerprint density at radius 2 is 2.19 bits per heavy atom. The van der Waals surface area contributed by atoms with E-state index in [1.54, 1.807) is 0 Å². The van der Waals surface area contributed by atoms with Crippen LogP contribution in [0.3, 0.4) is 0 Å². The van der Waals surface area contributed by atoms with Crippen molar-refractivity contribution in [2.24, 2.45) is 5.73 Å². The molecular formula is C13H28N2O. The molecule has 1 fully saturated rings. The summed E-state index contributed by atoms with van der Waals surface area (Å²) in [6.07, 6.45) is 4.89. The van der Waals surface area contributed by atoms with Crippen LogP contribution in [0.2, 0.25) is 0 Å². The summed E-state index contributed by atoms with van der Waals surface area (Å²) in [6, 6.07) is 0.508. The van der Waals surface area contributed by atoms with Gasteiger partial charge in [0.1, 0.15) is 0 Å². The third kappa shape index (κ3) is 2.96. The first-order valence-electron chi connectivity index (χ1n) is 6.74. The largest absolute Gasteiger partial charge is 0.379 e. The maximum Gasteiger partial charge on any atom is 0.0620 e. The Morgan fingerprint density at radius 1 is 1.44 bits per heavy atom. The normalized spacial score (nSPS) is 26.6. The fourth-order valence-electron chi connectivity index (χ4n) is 2.82. The van der Waals surface area contributed by atoms with Gasteiger partial charge in [-0.25, -0.2) is 0 Å². The van der Waals surface area contributed by atoms with E-state index >= 15 is 0 Å². The van der Waals surface area contributed by atoms with Crippen molar-refractivity contribution in [3.63, 3.8) is 0 Å². The van der Waals surface area contributed by atoms with E-state index in [1.807, 2.05) is 0 Å². The van der Waals surface area contributed by atoms with Gasteiger partial charge in [0.05, 0.1) is 13.2 Å². The standard InChI is InChI=1S/C13H28N2O/c1-4-6-7-13(5-2,11-14)15-8-9-16-10-12(15)3/h12H,4-11,14H2,1-3H3. The molecule has 2 N–H and O–H groups in total. The molecule has 0 spiro atoms. The van der Waals surface area contributed by atoms with Gasteiger partial charge in [0.25, 0.3) is 0 Å². The molecule has 0 aromatic carbocycles. The summed E-state index contributed by atoms with van der Waals surface area (Å²) in [7, 11) is 0. The highest BCUT2D eigenvalue weighted by Gasteiger charge is 2.37. The van der Waals surface area contributed by atoms with E-state index in [0.717, 1.165) is 32.7 Å². The predicted octanol–water partition coefficient (Wildman–Crippen LogP) is 2.00. The van der Waals surface area contributed by atoms with E-state index in [1.165, 1.54) is 19.3 Å². The van der Waals surface area contributed by atoms with E-state index in [9.17, 15) is 0 Å². The molecule has 2 unspecified atom stereocenters. The summed E-state index contributed by atoms with van der Waals surface area (Å²) < 4.78 is 5.52. The molecule has 0 aromatic rings. The molecule has 3 heteroatoms. The van der Waals surface area contributed by atoms with Crippen molar-refractivity contribution < 1.29 is 4.74 Å². The third-order valence-electron chi connectivity index (χ3n) is 4.01. The van der Waals surface area contributed by atoms with Gasteiger partial charge in [0.15, 0.2) is 0 Å². The third-order valence-corrected chi connectivity index (χ3v) is 4.01. The number of hydrogen-bond donors (Lipinski definition) is 1. The molecule has 0 saturated carbocycles. The molecule has 1 aliphatic heterocycles. The summed E-state index contributed by atoms with van der Waals surface area (Å²) in [5, 5.41) is 0. The Labute approximate surface area is 100 Å². The first-order valence-corrected chi connectivity index (χ1v) is 6.74. The second-order valence-corrected chi connectivity index (χ2v) is 5.00. The predicted molar refractivity (Wildman–Crippen MR) is 68.6 cm³/mol. The minimum atomic E-state index is 0.208. The van der Waals surface area contributed by atoms with E-state index in [-0.39, 0.29) is 5.54 Å². The number of rotatable bonds is 6. The molecule has 0 amide bonds. The van der Waals surface area contributed by atoms with E-state index in [2.05, 4.69) is 25.7 Å². The quantitative estimate of drug-likeness (QED) is 0.756. The van der Waals surface area contributed by atoms with Gasteiger partial charge >= 0.3 is 0 Å². The molecule has 96 valence electrons. The molecule has 2 atom stereocenters. The average molecular weight is 228 g/mol. The molecule has 1 rings (SSSR count). The Bertz CT molecular complexity index is 192. The minimum absolute atomic E-state index is 0.208. The van der Waals surface area contributed by atoms with Crippen LogP contribution < -0.4 is 5.73 Å². The van der Waals surface area contributed by atoms with E-state index in [0.29, 0.717) is 6.04 Å². The number of hydrogen-bond acceptors (Lipinski definition) is 3. The van der Waals surface area contributed by atoms with E-state index in [4.69, 9.17) is 10.5 Å². The number of nitrogens with two attached hydrogens (primary N) is 1. The highest BCUT2D eigenvalue weighted by atomic mass is 16.5. The SMILES string of the molecule is CCCCC(CC)(CN)N1CCOCC1C. The lowest BCUT2D eigenvalue weighted by Gasteiger charge is -2.48. The van der Waals surface area contributed by atoms with Gasteiger partial charge in [-0.15, -0.1) is 0 Å². The van der Waals surface area contributed by atoms with Crippen molar-refractivity contribution in [2.45, 2.75) is 58.0 Å². The second-order valence-electron chi connectivity index (χ2n) is 5.00. The molecule has 0 radical (unpaired) electrons. The number of ether oxygens (including phenoxy) is 1. The first-order chi connectivity index (χ1) is 7.70. The maximum atomic E-state index is 6.07. The number of morpholine rings is 1. The van der Waals surface area contributed by atoms with Crippen LogP contribution in [0.25, 0.3) is 0 Å². The van der Waals surface area contributed by atoms with E-state index < -0.39 is 0 Å². The van der Waals surface area contributed by atoms with Gasteiger partial charge in [-0.05, 0) is 19.8 Å². The second kappa shape index (κ2) is 6.58. The molecular weight excluding hydrogens is 200 g/mol. The number of nitrogens with zero attached hydrogens (tertiary/aromatic N) is 1. The monoisotopic (exact) mass is 228 g/mol. The van der Waals surface area contributed by atoms with Gasteiger partial charge < -0.3 is 10.5 Å². The van der Waals surface area contributed by atoms with Gasteiger partial charge in [-0.1, -0.05) is 26.7 Å². The van der Waals surface area contributed by atoms with Crippen LogP contribution in [0.1, 0.15) is 46.5 Å². The Morgan fingerprint density at radius 3 is 2.69 bits per heavy atom. The van der Waals surface area contributed by atoms with Gasteiger partial charge in [-0.3, -0.25) is 4.90 Å². The lowest BCUT2D eigenvalue weighted by Crippen LogP contribution is -2.60. The lowest BCUT2D eigenvalue weighted by molar-refractivity contribution is -0.0615. The minimum Gasteiger partial charge on any atom is -0.379 e. The highest BCUT2D eigenvalue weighted by Crippen LogP contribution is 2.28. The Balaban J connectivity index is 2.72. The zero-order valence-electron chi connectivity index (χ0n) is 11.2. The first kappa shape index (κ1) is 13.9. The Hall–Kier alpha value is -0.120. The zero-order valence-corrected chi connectivity index (χ0v) is 11.2. The average Bonchev–Trinajstić information content (AvgIpc) is 2.33. The summed E-state index contributed by atoms with van der Waals surface area (Å²) in [5.41, 5.74) is 6.28. The van der Waals surface area contributed by atoms with Crippen LogP contribution in [0, 0.1) is 0 Å². The fourth-order valence-corrected chi connectivity index (χ4v) is 2.82. The topological polar surface area (TPSA) is 38.5 Å².